The molecule has 0 aromatic heterocycles. The molecule has 0 bridgehead atoms. The van der Waals surface area contributed by atoms with Crippen LogP contribution in [0.4, 0.5) is 0 Å². The van der Waals surface area contributed by atoms with Gasteiger partial charge in [-0.15, -0.1) is 28.8 Å². The number of benzene rings is 6. The van der Waals surface area contributed by atoms with Gasteiger partial charge in [-0.1, -0.05) is 162 Å². The maximum Gasteiger partial charge on any atom is -1.00 e. The van der Waals surface area contributed by atoms with Crippen LogP contribution in [0.2, 0.25) is 10.0 Å². The van der Waals surface area contributed by atoms with Crippen molar-refractivity contribution in [2.24, 2.45) is 11.3 Å². The summed E-state index contributed by atoms with van der Waals surface area (Å²) in [6, 6.07) is 36.6. The molecule has 0 heterocycles. The predicted molar refractivity (Wildman–Crippen MR) is 285 cm³/mol. The molecule has 0 spiro atoms. The van der Waals surface area contributed by atoms with E-state index in [2.05, 4.69) is 190 Å². The number of aryl methyl sites for hydroxylation is 6. The van der Waals surface area contributed by atoms with Crippen molar-refractivity contribution in [3.8, 4) is 33.4 Å². The Bertz CT molecular complexity index is 2650. The van der Waals surface area contributed by atoms with Gasteiger partial charge in [-0.2, -0.15) is 11.6 Å². The third kappa shape index (κ3) is 13.4. The van der Waals surface area contributed by atoms with Crippen molar-refractivity contribution in [3.63, 3.8) is 0 Å². The zero-order chi connectivity index (χ0) is 48.6. The van der Waals surface area contributed by atoms with Gasteiger partial charge < -0.3 is 24.8 Å². The molecule has 0 amide bonds. The molecule has 0 radical (unpaired) electrons. The molecule has 2 aliphatic rings. The van der Waals surface area contributed by atoms with Crippen LogP contribution >= 0.6 is 23.2 Å². The van der Waals surface area contributed by atoms with Gasteiger partial charge in [-0.3, -0.25) is 6.08 Å². The Morgan fingerprint density at radius 1 is 0.588 bits per heavy atom. The predicted octanol–water partition coefficient (Wildman–Crippen LogP) is 12.3. The molecule has 0 aliphatic heterocycles. The van der Waals surface area contributed by atoms with Gasteiger partial charge in [0.1, 0.15) is 0 Å². The fourth-order valence-electron chi connectivity index (χ4n) is 9.66. The average molecular weight is 1060 g/mol. The van der Waals surface area contributed by atoms with E-state index in [4.69, 9.17) is 23.2 Å². The second-order valence-electron chi connectivity index (χ2n) is 21.8. The van der Waals surface area contributed by atoms with Crippen LogP contribution in [-0.2, 0) is 41.5 Å². The summed E-state index contributed by atoms with van der Waals surface area (Å²) in [6.07, 6.45) is 9.94. The van der Waals surface area contributed by atoms with Gasteiger partial charge in [0.05, 0.1) is 0 Å². The molecular weight excluding hydrogens is 990 g/mol. The summed E-state index contributed by atoms with van der Waals surface area (Å²) in [5.41, 5.74) is 25.9. The van der Waals surface area contributed by atoms with Crippen LogP contribution in [0.5, 0.6) is 0 Å². The minimum atomic E-state index is 0. The largest absolute Gasteiger partial charge is 1.00 e. The fraction of sp³-hybridized carbons (Fsp3) is 0.349. The summed E-state index contributed by atoms with van der Waals surface area (Å²) < 4.78 is 1.26. The first-order valence-electron chi connectivity index (χ1n) is 23.6. The van der Waals surface area contributed by atoms with Crippen molar-refractivity contribution < 1.29 is 49.0 Å². The third-order valence-electron chi connectivity index (χ3n) is 12.9. The van der Waals surface area contributed by atoms with Crippen molar-refractivity contribution in [2.75, 3.05) is 0 Å². The van der Waals surface area contributed by atoms with Crippen molar-refractivity contribution in [3.05, 3.63) is 198 Å². The molecule has 0 fully saturated rings. The zero-order valence-corrected chi connectivity index (χ0v) is 48.8. The molecule has 2 aliphatic carbocycles. The second kappa shape index (κ2) is 22.9. The SMILES string of the molecule is CCC1[C-]=CC(C(C)(C)C)=C1.Cc1cc(C)c(-c2[c-]c3c(cc2C(C)(C)C)-c2cc(C(C)(C)C)c(-c4c(C)cc(C)cc4C)cc2C3)c(C)c1.Clc1cccc([C](=[Zr+2])c2cccc(Cl)c2)c1.[Cl-].[Cl-]. The molecular formula is C63H70Cl4Zr-2. The van der Waals surface area contributed by atoms with E-state index in [1.54, 1.807) is 0 Å². The van der Waals surface area contributed by atoms with Gasteiger partial charge in [0.15, 0.2) is 0 Å². The van der Waals surface area contributed by atoms with Gasteiger partial charge in [0.2, 0.25) is 0 Å². The third-order valence-corrected chi connectivity index (χ3v) is 14.8. The summed E-state index contributed by atoms with van der Waals surface area (Å²) in [5, 5.41) is 1.53. The van der Waals surface area contributed by atoms with Crippen LogP contribution in [0.25, 0.3) is 33.4 Å². The Morgan fingerprint density at radius 3 is 1.47 bits per heavy atom. The standard InChI is InChI=1S/C39H45.C13H8Cl2.C11H17.2ClH.Zr/c1-22-13-24(3)36(25(4)14-22)32-18-28-17-29-19-33(37-26(5)15-23(2)16-27(37)6)35(39(10,11)12)21-31(29)30(28)20-34(32)38(7,8)9;14-12-5-1-3-10(8-12)7-11-4-2-6-13(15)9-11;1-5-9-6-7-10(8-9)11(2,3)4;;;/h13-16,18,20-21H,17H2,1-12H3;1-6,8-9H;7-9H,5H2,1-4H3;2*1H;/q-1;;-1;;;+2/p-2. The van der Waals surface area contributed by atoms with E-state index in [-0.39, 0.29) is 35.6 Å². The Kier molecular flexibility index (Phi) is 19.3. The van der Waals surface area contributed by atoms with E-state index in [0.29, 0.717) is 11.3 Å². The monoisotopic (exact) mass is 1060 g/mol. The van der Waals surface area contributed by atoms with Crippen LogP contribution < -0.4 is 24.8 Å². The maximum absolute atomic E-state index is 5.98. The van der Waals surface area contributed by atoms with E-state index in [1.165, 1.54) is 128 Å². The van der Waals surface area contributed by atoms with Crippen molar-refractivity contribution in [2.45, 2.75) is 134 Å². The van der Waals surface area contributed by atoms with Crippen molar-refractivity contribution in [1.82, 2.24) is 0 Å². The molecule has 5 heteroatoms. The van der Waals surface area contributed by atoms with E-state index in [1.807, 2.05) is 36.4 Å². The average Bonchev–Trinajstić information content (AvgIpc) is 3.84. The van der Waals surface area contributed by atoms with Gasteiger partial charge in [-0.05, 0) is 92.2 Å². The van der Waals surface area contributed by atoms with Crippen LogP contribution in [-0.4, -0.2) is 3.21 Å². The first kappa shape index (κ1) is 57.3. The molecule has 0 nitrogen and oxygen atoms in total. The topological polar surface area (TPSA) is 0 Å². The Hall–Kier alpha value is -3.29. The van der Waals surface area contributed by atoms with Crippen LogP contribution in [0.15, 0.2) is 109 Å². The number of hydrogen-bond acceptors (Lipinski definition) is 0. The first-order valence-corrected chi connectivity index (χ1v) is 25.6. The molecule has 6 aromatic carbocycles. The van der Waals surface area contributed by atoms with Crippen LogP contribution in [0.1, 0.15) is 142 Å². The number of halogens is 4. The van der Waals surface area contributed by atoms with Gasteiger partial charge >= 0.3 is 120 Å². The van der Waals surface area contributed by atoms with E-state index >= 15 is 0 Å². The first-order chi connectivity index (χ1) is 30.8. The molecule has 1 atom stereocenters. The molecule has 8 rings (SSSR count). The van der Waals surface area contributed by atoms with Crippen molar-refractivity contribution >= 4 is 26.4 Å². The van der Waals surface area contributed by atoms with Gasteiger partial charge in [-0.25, -0.2) is 6.08 Å². The molecule has 0 saturated carbocycles. The number of fused-ring (bicyclic) bond motifs is 3. The van der Waals surface area contributed by atoms with E-state index < -0.39 is 0 Å². The molecule has 6 aromatic rings. The summed E-state index contributed by atoms with van der Waals surface area (Å²) in [4.78, 5) is 0. The Labute approximate surface area is 448 Å². The number of rotatable bonds is 5. The smallest absolute Gasteiger partial charge is 1.00 e. The zero-order valence-electron chi connectivity index (χ0n) is 43.3. The summed E-state index contributed by atoms with van der Waals surface area (Å²) >= 11 is 13.3. The van der Waals surface area contributed by atoms with E-state index in [0.717, 1.165) is 27.6 Å². The number of hydrogen-bond donors (Lipinski definition) is 0. The minimum absolute atomic E-state index is 0. The molecule has 1 unspecified atom stereocenters. The van der Waals surface area contributed by atoms with Crippen LogP contribution in [0, 0.1) is 65.0 Å². The molecule has 68 heavy (non-hydrogen) atoms. The molecule has 0 saturated heterocycles. The normalized spacial score (nSPS) is 13.8. The summed E-state index contributed by atoms with van der Waals surface area (Å²) in [5.74, 6) is 0.573. The second-order valence-corrected chi connectivity index (χ2v) is 23.9. The minimum Gasteiger partial charge on any atom is -1.00 e. The fourth-order valence-corrected chi connectivity index (χ4v) is 10.8. The maximum atomic E-state index is 5.98. The summed E-state index contributed by atoms with van der Waals surface area (Å²) in [7, 11) is 0. The van der Waals surface area contributed by atoms with Crippen LogP contribution in [0.3, 0.4) is 0 Å². The summed E-state index contributed by atoms with van der Waals surface area (Å²) in [6.45, 7) is 36.5. The number of allylic oxidation sites excluding steroid dienone is 4. The van der Waals surface area contributed by atoms with E-state index in [9.17, 15) is 0 Å². The van der Waals surface area contributed by atoms with Crippen molar-refractivity contribution in [1.29, 1.82) is 0 Å². The Balaban J connectivity index is 0.000000284. The molecule has 0 N–H and O–H groups in total. The van der Waals surface area contributed by atoms with Gasteiger partial charge in [0.25, 0.3) is 0 Å². The van der Waals surface area contributed by atoms with Gasteiger partial charge in [0, 0.05) is 0 Å². The quantitative estimate of drug-likeness (QED) is 0.151. The Morgan fingerprint density at radius 2 is 1.06 bits per heavy atom. The molecule has 356 valence electrons.